The van der Waals surface area contributed by atoms with E-state index in [-0.39, 0.29) is 27.8 Å². The molecule has 0 amide bonds. The Kier molecular flexibility index (Phi) is 4.44. The van der Waals surface area contributed by atoms with E-state index in [0.717, 1.165) is 15.1 Å². The fraction of sp³-hybridized carbons (Fsp3) is 0.636. The molecule has 0 fully saturated rings. The molecule has 82 valence electrons. The van der Waals surface area contributed by atoms with Crippen molar-refractivity contribution in [2.45, 2.75) is 27.7 Å². The van der Waals surface area contributed by atoms with Crippen LogP contribution in [-0.4, -0.2) is 11.7 Å². The van der Waals surface area contributed by atoms with Gasteiger partial charge in [0.2, 0.25) is 0 Å². The quantitative estimate of drug-likeness (QED) is 0.710. The number of halogens is 1. The van der Waals surface area contributed by atoms with Crippen LogP contribution in [0.2, 0.25) is 0 Å². The van der Waals surface area contributed by atoms with Gasteiger partial charge < -0.3 is 0 Å². The number of hydrogen-bond acceptors (Lipinski definition) is 2. The SMILES string of the molecule is CC(C)C1=C[I-]C(CO)=C(C(C)C)O1. The van der Waals surface area contributed by atoms with Crippen LogP contribution in [0.3, 0.4) is 0 Å². The molecule has 0 aromatic rings. The van der Waals surface area contributed by atoms with Gasteiger partial charge in [-0.15, -0.1) is 0 Å². The summed E-state index contributed by atoms with van der Waals surface area (Å²) < 4.78 is 9.13. The second-order valence-electron chi connectivity index (χ2n) is 3.96. The Morgan fingerprint density at radius 3 is 2.36 bits per heavy atom. The number of aliphatic hydroxyl groups is 1. The van der Waals surface area contributed by atoms with Crippen LogP contribution in [0.25, 0.3) is 0 Å². The van der Waals surface area contributed by atoms with Crippen molar-refractivity contribution in [2.75, 3.05) is 6.61 Å². The number of hydrogen-bond donors (Lipinski definition) is 1. The molecular weight excluding hydrogens is 291 g/mol. The minimum atomic E-state index is -0.156. The third kappa shape index (κ3) is 2.73. The molecule has 1 rings (SSSR count). The number of rotatable bonds is 3. The molecule has 1 heterocycles. The van der Waals surface area contributed by atoms with Crippen molar-refractivity contribution in [1.82, 2.24) is 0 Å². The average molecular weight is 309 g/mol. The van der Waals surface area contributed by atoms with Crippen LogP contribution in [0, 0.1) is 11.8 Å². The molecule has 0 aromatic heterocycles. The summed E-state index contributed by atoms with van der Waals surface area (Å²) in [7, 11) is 0. The van der Waals surface area contributed by atoms with E-state index in [4.69, 9.17) is 4.74 Å². The normalized spacial score (nSPS) is 18.1. The Bertz CT molecular complexity index is 264. The van der Waals surface area contributed by atoms with Gasteiger partial charge in [-0.2, -0.15) is 0 Å². The van der Waals surface area contributed by atoms with Crippen LogP contribution < -0.4 is 21.2 Å². The summed E-state index contributed by atoms with van der Waals surface area (Å²) in [5, 5.41) is 9.20. The first-order valence-corrected chi connectivity index (χ1v) is 7.24. The minimum absolute atomic E-state index is 0.155. The van der Waals surface area contributed by atoms with Gasteiger partial charge >= 0.3 is 96.4 Å². The summed E-state index contributed by atoms with van der Waals surface area (Å²) in [5.74, 6) is 2.91. The molecule has 1 aliphatic heterocycles. The first-order valence-electron chi connectivity index (χ1n) is 4.91. The first-order chi connectivity index (χ1) is 6.56. The summed E-state index contributed by atoms with van der Waals surface area (Å²) in [4.78, 5) is 0. The molecule has 1 aliphatic rings. The maximum atomic E-state index is 9.20. The molecule has 0 radical (unpaired) electrons. The Hall–Kier alpha value is -0.0300. The number of aliphatic hydroxyl groups excluding tert-OH is 1. The second-order valence-corrected chi connectivity index (χ2v) is 6.51. The van der Waals surface area contributed by atoms with E-state index in [0.29, 0.717) is 11.8 Å². The van der Waals surface area contributed by atoms with Crippen molar-refractivity contribution >= 4 is 0 Å². The van der Waals surface area contributed by atoms with Gasteiger partial charge in [-0.25, -0.2) is 0 Å². The summed E-state index contributed by atoms with van der Waals surface area (Å²) >= 11 is -0.156. The van der Waals surface area contributed by atoms with Gasteiger partial charge in [0, 0.05) is 0 Å². The zero-order chi connectivity index (χ0) is 10.7. The van der Waals surface area contributed by atoms with Crippen LogP contribution in [0.5, 0.6) is 0 Å². The van der Waals surface area contributed by atoms with Crippen LogP contribution >= 0.6 is 0 Å². The van der Waals surface area contributed by atoms with Gasteiger partial charge in [0.15, 0.2) is 0 Å². The van der Waals surface area contributed by atoms with E-state index in [9.17, 15) is 5.11 Å². The fourth-order valence-electron chi connectivity index (χ4n) is 1.17. The van der Waals surface area contributed by atoms with Crippen molar-refractivity contribution in [3.05, 3.63) is 19.2 Å². The van der Waals surface area contributed by atoms with Crippen molar-refractivity contribution in [3.63, 3.8) is 0 Å². The molecule has 2 nitrogen and oxygen atoms in total. The van der Waals surface area contributed by atoms with Crippen molar-refractivity contribution in [3.8, 4) is 0 Å². The van der Waals surface area contributed by atoms with E-state index >= 15 is 0 Å². The van der Waals surface area contributed by atoms with Crippen LogP contribution in [0.1, 0.15) is 27.7 Å². The van der Waals surface area contributed by atoms with Crippen molar-refractivity contribution in [2.24, 2.45) is 11.8 Å². The summed E-state index contributed by atoms with van der Waals surface area (Å²) in [6.45, 7) is 8.65. The van der Waals surface area contributed by atoms with Gasteiger partial charge in [-0.1, -0.05) is 0 Å². The molecule has 1 N–H and O–H groups in total. The third-order valence-corrected chi connectivity index (χ3v) is 4.57. The van der Waals surface area contributed by atoms with Crippen LogP contribution in [0.15, 0.2) is 19.2 Å². The van der Waals surface area contributed by atoms with Gasteiger partial charge in [-0.3, -0.25) is 0 Å². The molecular formula is C11H18IO2-. The van der Waals surface area contributed by atoms with E-state index < -0.39 is 0 Å². The Balaban J connectivity index is 2.82. The molecule has 0 saturated carbocycles. The van der Waals surface area contributed by atoms with Gasteiger partial charge in [0.25, 0.3) is 0 Å². The van der Waals surface area contributed by atoms with Crippen molar-refractivity contribution < 1.29 is 31.0 Å². The molecule has 0 aliphatic carbocycles. The second kappa shape index (κ2) is 5.16. The fourth-order valence-corrected chi connectivity index (χ4v) is 3.93. The summed E-state index contributed by atoms with van der Waals surface area (Å²) in [5.41, 5.74) is 0. The molecule has 0 spiro atoms. The number of allylic oxidation sites excluding steroid dienone is 2. The molecule has 14 heavy (non-hydrogen) atoms. The zero-order valence-corrected chi connectivity index (χ0v) is 11.3. The molecule has 0 atom stereocenters. The maximum absolute atomic E-state index is 9.20. The molecule has 0 aromatic carbocycles. The third-order valence-electron chi connectivity index (χ3n) is 2.02. The van der Waals surface area contributed by atoms with Crippen LogP contribution in [-0.2, 0) is 4.74 Å². The Morgan fingerprint density at radius 2 is 1.93 bits per heavy atom. The standard InChI is InChI=1S/C11H18IO2/c1-7(2)10-5-12-9(6-13)11(14-10)8(3)4/h5,7-8,13H,6H2,1-4H3/q-1. The topological polar surface area (TPSA) is 29.5 Å². The van der Waals surface area contributed by atoms with Gasteiger partial charge in [0.05, 0.1) is 0 Å². The van der Waals surface area contributed by atoms with E-state index in [2.05, 4.69) is 31.8 Å². The number of ether oxygens (including phenoxy) is 1. The van der Waals surface area contributed by atoms with Crippen molar-refractivity contribution in [1.29, 1.82) is 0 Å². The summed E-state index contributed by atoms with van der Waals surface area (Å²) in [6, 6.07) is 0. The summed E-state index contributed by atoms with van der Waals surface area (Å²) in [6.07, 6.45) is 0. The first kappa shape index (κ1) is 12.0. The Morgan fingerprint density at radius 1 is 1.29 bits per heavy atom. The Labute approximate surface area is 96.3 Å². The van der Waals surface area contributed by atoms with Gasteiger partial charge in [-0.05, 0) is 0 Å². The predicted octanol–water partition coefficient (Wildman–Crippen LogP) is -0.537. The zero-order valence-electron chi connectivity index (χ0n) is 9.17. The van der Waals surface area contributed by atoms with Gasteiger partial charge in [0.1, 0.15) is 0 Å². The van der Waals surface area contributed by atoms with Crippen LogP contribution in [0.4, 0.5) is 0 Å². The molecule has 3 heteroatoms. The monoisotopic (exact) mass is 309 g/mol. The average Bonchev–Trinajstić information content (AvgIpc) is 2.16. The van der Waals surface area contributed by atoms with E-state index in [1.54, 1.807) is 0 Å². The molecule has 0 unspecified atom stereocenters. The van der Waals surface area contributed by atoms with E-state index in [1.165, 1.54) is 0 Å². The molecule has 0 bridgehead atoms. The predicted molar refractivity (Wildman–Crippen MR) is 53.0 cm³/mol. The van der Waals surface area contributed by atoms with E-state index in [1.807, 2.05) is 0 Å². The molecule has 0 saturated heterocycles.